The number of hydrogen-bond acceptors (Lipinski definition) is 1. The molecule has 1 rings (SSSR count). The summed E-state index contributed by atoms with van der Waals surface area (Å²) in [7, 11) is 0. The third kappa shape index (κ3) is 4.51. The lowest BCUT2D eigenvalue weighted by atomic mass is 10.2. The maximum atomic E-state index is 5.61. The second-order valence-electron chi connectivity index (χ2n) is 3.29. The summed E-state index contributed by atoms with van der Waals surface area (Å²) in [5.41, 5.74) is 0. The molecule has 0 radical (unpaired) electrons. The van der Waals surface area contributed by atoms with Crippen LogP contribution in [0.1, 0.15) is 39.0 Å². The number of rotatable bonds is 5. The zero-order valence-corrected chi connectivity index (χ0v) is 9.77. The fraction of sp³-hybridized carbons (Fsp3) is 0.636. The van der Waals surface area contributed by atoms with Gasteiger partial charge in [0.25, 0.3) is 0 Å². The van der Waals surface area contributed by atoms with E-state index >= 15 is 0 Å². The summed E-state index contributed by atoms with van der Waals surface area (Å²) in [4.78, 5) is 0. The SMILES string of the molecule is CCCCCOC1=CCCC(Br)=C1. The molecule has 74 valence electrons. The molecule has 0 aliphatic heterocycles. The van der Waals surface area contributed by atoms with Gasteiger partial charge < -0.3 is 4.74 Å². The molecule has 0 amide bonds. The van der Waals surface area contributed by atoms with Gasteiger partial charge in [0, 0.05) is 0 Å². The van der Waals surface area contributed by atoms with Crippen LogP contribution in [0, 0.1) is 0 Å². The van der Waals surface area contributed by atoms with Crippen molar-refractivity contribution in [3.63, 3.8) is 0 Å². The lowest BCUT2D eigenvalue weighted by Gasteiger charge is -2.11. The lowest BCUT2D eigenvalue weighted by molar-refractivity contribution is 0.215. The first-order chi connectivity index (χ1) is 6.33. The van der Waals surface area contributed by atoms with E-state index in [1.807, 2.05) is 0 Å². The first kappa shape index (κ1) is 10.8. The Bertz CT molecular complexity index is 206. The van der Waals surface area contributed by atoms with E-state index in [1.54, 1.807) is 0 Å². The van der Waals surface area contributed by atoms with Gasteiger partial charge in [-0.3, -0.25) is 0 Å². The molecule has 1 aliphatic carbocycles. The highest BCUT2D eigenvalue weighted by atomic mass is 79.9. The number of allylic oxidation sites excluding steroid dienone is 3. The number of unbranched alkanes of at least 4 members (excludes halogenated alkanes) is 2. The third-order valence-electron chi connectivity index (χ3n) is 2.04. The minimum Gasteiger partial charge on any atom is -0.494 e. The Kier molecular flexibility index (Phi) is 5.21. The summed E-state index contributed by atoms with van der Waals surface area (Å²) >= 11 is 3.49. The smallest absolute Gasteiger partial charge is 0.116 e. The second kappa shape index (κ2) is 6.25. The van der Waals surface area contributed by atoms with Crippen LogP contribution in [0.2, 0.25) is 0 Å². The second-order valence-corrected chi connectivity index (χ2v) is 4.31. The highest BCUT2D eigenvalue weighted by molar-refractivity contribution is 9.11. The fourth-order valence-electron chi connectivity index (χ4n) is 1.28. The van der Waals surface area contributed by atoms with Crippen molar-refractivity contribution in [2.75, 3.05) is 6.61 Å². The maximum Gasteiger partial charge on any atom is 0.116 e. The van der Waals surface area contributed by atoms with Crippen molar-refractivity contribution in [1.82, 2.24) is 0 Å². The van der Waals surface area contributed by atoms with Crippen LogP contribution in [0.5, 0.6) is 0 Å². The van der Waals surface area contributed by atoms with Crippen molar-refractivity contribution in [2.45, 2.75) is 39.0 Å². The van der Waals surface area contributed by atoms with Crippen LogP contribution in [0.15, 0.2) is 22.4 Å². The van der Waals surface area contributed by atoms with E-state index in [0.29, 0.717) is 0 Å². The Morgan fingerprint density at radius 1 is 1.46 bits per heavy atom. The Morgan fingerprint density at radius 3 is 3.00 bits per heavy atom. The summed E-state index contributed by atoms with van der Waals surface area (Å²) < 4.78 is 6.86. The van der Waals surface area contributed by atoms with E-state index in [4.69, 9.17) is 4.74 Å². The average Bonchev–Trinajstić information content (AvgIpc) is 2.13. The van der Waals surface area contributed by atoms with Crippen molar-refractivity contribution in [1.29, 1.82) is 0 Å². The molecule has 0 saturated carbocycles. The van der Waals surface area contributed by atoms with Gasteiger partial charge in [-0.1, -0.05) is 35.7 Å². The molecular weight excluding hydrogens is 228 g/mol. The van der Waals surface area contributed by atoms with E-state index in [0.717, 1.165) is 25.2 Å². The van der Waals surface area contributed by atoms with Crippen LogP contribution < -0.4 is 0 Å². The standard InChI is InChI=1S/C11H17BrO/c1-2-3-4-8-13-11-7-5-6-10(12)9-11/h7,9H,2-6,8H2,1H3. The van der Waals surface area contributed by atoms with Crippen molar-refractivity contribution in [3.05, 3.63) is 22.4 Å². The number of ether oxygens (including phenoxy) is 1. The van der Waals surface area contributed by atoms with Gasteiger partial charge in [0.1, 0.15) is 5.76 Å². The first-order valence-corrected chi connectivity index (χ1v) is 5.81. The topological polar surface area (TPSA) is 9.23 Å². The largest absolute Gasteiger partial charge is 0.494 e. The minimum absolute atomic E-state index is 0.858. The summed E-state index contributed by atoms with van der Waals surface area (Å²) in [6.07, 6.45) is 10.1. The van der Waals surface area contributed by atoms with E-state index < -0.39 is 0 Å². The van der Waals surface area contributed by atoms with Crippen molar-refractivity contribution < 1.29 is 4.74 Å². The molecular formula is C11H17BrO. The zero-order chi connectivity index (χ0) is 9.52. The Labute approximate surface area is 89.0 Å². The summed E-state index contributed by atoms with van der Waals surface area (Å²) in [5.74, 6) is 1.04. The quantitative estimate of drug-likeness (QED) is 0.661. The molecule has 0 N–H and O–H groups in total. The number of hydrogen-bond donors (Lipinski definition) is 0. The molecule has 0 spiro atoms. The highest BCUT2D eigenvalue weighted by Gasteiger charge is 2.02. The van der Waals surface area contributed by atoms with Gasteiger partial charge in [-0.05, 0) is 35.9 Å². The van der Waals surface area contributed by atoms with Crippen LogP contribution >= 0.6 is 15.9 Å². The minimum atomic E-state index is 0.858. The molecule has 0 heterocycles. The van der Waals surface area contributed by atoms with Crippen LogP contribution in [0.4, 0.5) is 0 Å². The summed E-state index contributed by atoms with van der Waals surface area (Å²) in [6.45, 7) is 3.06. The van der Waals surface area contributed by atoms with Crippen molar-refractivity contribution in [2.24, 2.45) is 0 Å². The monoisotopic (exact) mass is 244 g/mol. The van der Waals surface area contributed by atoms with Gasteiger partial charge in [-0.25, -0.2) is 0 Å². The normalized spacial score (nSPS) is 16.5. The molecule has 0 aromatic rings. The first-order valence-electron chi connectivity index (χ1n) is 5.02. The molecule has 0 fully saturated rings. The van der Waals surface area contributed by atoms with Gasteiger partial charge >= 0.3 is 0 Å². The Morgan fingerprint density at radius 2 is 2.31 bits per heavy atom. The molecule has 0 unspecified atom stereocenters. The van der Waals surface area contributed by atoms with E-state index in [-0.39, 0.29) is 0 Å². The van der Waals surface area contributed by atoms with Crippen LogP contribution in [-0.2, 0) is 4.74 Å². The molecule has 0 aromatic carbocycles. The van der Waals surface area contributed by atoms with Crippen LogP contribution in [0.3, 0.4) is 0 Å². The fourth-order valence-corrected chi connectivity index (χ4v) is 1.73. The molecule has 0 aromatic heterocycles. The molecule has 13 heavy (non-hydrogen) atoms. The lowest BCUT2D eigenvalue weighted by Crippen LogP contribution is -1.96. The van der Waals surface area contributed by atoms with Gasteiger partial charge in [0.05, 0.1) is 6.61 Å². The molecule has 1 aliphatic rings. The van der Waals surface area contributed by atoms with E-state index in [9.17, 15) is 0 Å². The summed E-state index contributed by atoms with van der Waals surface area (Å²) in [6, 6.07) is 0. The molecule has 0 saturated heterocycles. The Hall–Kier alpha value is -0.240. The predicted octanol–water partition coefficient (Wildman–Crippen LogP) is 4.15. The van der Waals surface area contributed by atoms with Gasteiger partial charge in [-0.15, -0.1) is 0 Å². The van der Waals surface area contributed by atoms with E-state index in [1.165, 1.54) is 23.7 Å². The maximum absolute atomic E-state index is 5.61. The molecule has 0 bridgehead atoms. The zero-order valence-electron chi connectivity index (χ0n) is 8.18. The van der Waals surface area contributed by atoms with Gasteiger partial charge in [-0.2, -0.15) is 0 Å². The average molecular weight is 245 g/mol. The molecule has 1 nitrogen and oxygen atoms in total. The predicted molar refractivity (Wildman–Crippen MR) is 59.8 cm³/mol. The third-order valence-corrected chi connectivity index (χ3v) is 2.67. The van der Waals surface area contributed by atoms with Gasteiger partial charge in [0.2, 0.25) is 0 Å². The van der Waals surface area contributed by atoms with E-state index in [2.05, 4.69) is 35.0 Å². The Balaban J connectivity index is 2.18. The van der Waals surface area contributed by atoms with Crippen molar-refractivity contribution in [3.8, 4) is 0 Å². The van der Waals surface area contributed by atoms with Crippen LogP contribution in [0.25, 0.3) is 0 Å². The van der Waals surface area contributed by atoms with Crippen LogP contribution in [-0.4, -0.2) is 6.61 Å². The van der Waals surface area contributed by atoms with Gasteiger partial charge in [0.15, 0.2) is 0 Å². The van der Waals surface area contributed by atoms with Crippen molar-refractivity contribution >= 4 is 15.9 Å². The molecule has 0 atom stereocenters. The highest BCUT2D eigenvalue weighted by Crippen LogP contribution is 2.22. The number of halogens is 1. The molecule has 2 heteroatoms. The summed E-state index contributed by atoms with van der Waals surface area (Å²) in [5, 5.41) is 0.